The summed E-state index contributed by atoms with van der Waals surface area (Å²) in [6, 6.07) is 18.1. The van der Waals surface area contributed by atoms with Crippen LogP contribution in [0.15, 0.2) is 48.5 Å². The van der Waals surface area contributed by atoms with E-state index in [0.29, 0.717) is 0 Å². The van der Waals surface area contributed by atoms with Crippen LogP contribution in [0, 0.1) is 18.5 Å². The molecule has 0 aliphatic heterocycles. The van der Waals surface area contributed by atoms with Crippen LogP contribution in [0.3, 0.4) is 0 Å². The van der Waals surface area contributed by atoms with E-state index in [2.05, 4.69) is 24.3 Å². The molecule has 0 radical (unpaired) electrons. The van der Waals surface area contributed by atoms with Gasteiger partial charge in [-0.1, -0.05) is 6.07 Å². The van der Waals surface area contributed by atoms with Crippen LogP contribution in [-0.4, -0.2) is 7.11 Å². The van der Waals surface area contributed by atoms with Gasteiger partial charge in [-0.05, 0) is 36.4 Å². The van der Waals surface area contributed by atoms with Crippen molar-refractivity contribution in [2.24, 2.45) is 0 Å². The average molecular weight is 336 g/mol. The summed E-state index contributed by atoms with van der Waals surface area (Å²) < 4.78 is 7.70. The Labute approximate surface area is 111 Å². The van der Waals surface area contributed by atoms with Gasteiger partial charge in [-0.15, -0.1) is 0 Å². The zero-order valence-corrected chi connectivity index (χ0v) is 11.5. The number of halogens is 1. The van der Waals surface area contributed by atoms with E-state index in [1.165, 1.54) is 7.14 Å². The fourth-order valence-corrected chi connectivity index (χ4v) is 3.69. The van der Waals surface area contributed by atoms with Gasteiger partial charge in [0.15, 0.2) is 7.14 Å². The van der Waals surface area contributed by atoms with Crippen LogP contribution >= 0.6 is 0 Å². The molecule has 2 aromatic carbocycles. The van der Waals surface area contributed by atoms with Crippen molar-refractivity contribution in [3.05, 3.63) is 61.2 Å². The average Bonchev–Trinajstić information content (AvgIpc) is 2.40. The van der Waals surface area contributed by atoms with E-state index in [-0.39, 0.29) is 21.2 Å². The molecule has 0 aliphatic rings. The lowest BCUT2D eigenvalue weighted by atomic mass is 10.2. The molecule has 0 saturated carbocycles. The Morgan fingerprint density at radius 2 is 1.82 bits per heavy atom. The van der Waals surface area contributed by atoms with Crippen LogP contribution in [0.5, 0.6) is 5.75 Å². The predicted molar refractivity (Wildman–Crippen MR) is 61.5 cm³/mol. The summed E-state index contributed by atoms with van der Waals surface area (Å²) in [5, 5.41) is 8.84. The molecule has 0 saturated heterocycles. The molecular weight excluding hydrogens is 325 g/mol. The van der Waals surface area contributed by atoms with Crippen molar-refractivity contribution in [1.82, 2.24) is 0 Å². The zero-order valence-electron chi connectivity index (χ0n) is 9.35. The van der Waals surface area contributed by atoms with E-state index in [1.54, 1.807) is 7.11 Å². The molecule has 17 heavy (non-hydrogen) atoms. The first kappa shape index (κ1) is 11.9. The Balaban J connectivity index is 2.16. The number of nitrogens with zero attached hydrogens (tertiary/aromatic N) is 1. The Kier molecular flexibility index (Phi) is 3.99. The lowest BCUT2D eigenvalue weighted by Gasteiger charge is -1.95. The molecule has 0 bridgehead atoms. The van der Waals surface area contributed by atoms with Crippen LogP contribution < -0.4 is 25.9 Å². The van der Waals surface area contributed by atoms with Crippen LogP contribution in [0.4, 0.5) is 0 Å². The minimum absolute atomic E-state index is 0.219. The Morgan fingerprint density at radius 1 is 1.06 bits per heavy atom. The van der Waals surface area contributed by atoms with Crippen molar-refractivity contribution in [2.45, 2.75) is 0 Å². The molecule has 0 aromatic heterocycles. The van der Waals surface area contributed by atoms with Crippen molar-refractivity contribution >= 4 is 0 Å². The fraction of sp³-hybridized carbons (Fsp3) is 0.0714. The molecule has 0 spiro atoms. The number of hydrogen-bond acceptors (Lipinski definition) is 2. The molecule has 0 heterocycles. The van der Waals surface area contributed by atoms with Gasteiger partial charge in [0.05, 0.1) is 18.7 Å². The highest BCUT2D eigenvalue weighted by Crippen LogP contribution is 2.06. The minimum atomic E-state index is -0.219. The smallest absolute Gasteiger partial charge is 0.357 e. The lowest BCUT2D eigenvalue weighted by molar-refractivity contribution is -0.597. The van der Waals surface area contributed by atoms with E-state index in [9.17, 15) is 0 Å². The summed E-state index contributed by atoms with van der Waals surface area (Å²) in [4.78, 5) is 0. The molecule has 0 amide bonds. The summed E-state index contributed by atoms with van der Waals surface area (Å²) in [6.07, 6.45) is 0. The van der Waals surface area contributed by atoms with Crippen LogP contribution in [0.2, 0.25) is 0 Å². The Bertz CT molecular complexity index is 543. The third-order valence-corrected chi connectivity index (χ3v) is 4.86. The first-order valence-corrected chi connectivity index (χ1v) is 7.26. The maximum absolute atomic E-state index is 8.84. The molecular formula is C14H11INO+. The quantitative estimate of drug-likeness (QED) is 0.721. The van der Waals surface area contributed by atoms with Crippen LogP contribution in [0.1, 0.15) is 5.56 Å². The van der Waals surface area contributed by atoms with Gasteiger partial charge in [0.25, 0.3) is 0 Å². The fourth-order valence-electron chi connectivity index (χ4n) is 1.38. The third-order valence-electron chi connectivity index (χ3n) is 2.22. The van der Waals surface area contributed by atoms with E-state index in [1.807, 2.05) is 30.3 Å². The Hall–Kier alpha value is -1.54. The number of methoxy groups -OCH3 is 1. The van der Waals surface area contributed by atoms with Crippen LogP contribution in [0.25, 0.3) is 0 Å². The normalized spacial score (nSPS) is 9.65. The van der Waals surface area contributed by atoms with E-state index >= 15 is 0 Å². The maximum Gasteiger partial charge on any atom is 0.357 e. The predicted octanol–water partition coefficient (Wildman–Crippen LogP) is -0.305. The number of benzene rings is 2. The second kappa shape index (κ2) is 5.69. The van der Waals surface area contributed by atoms with Gasteiger partial charge in [-0.25, -0.2) is 0 Å². The third kappa shape index (κ3) is 3.21. The topological polar surface area (TPSA) is 33.0 Å². The van der Waals surface area contributed by atoms with Gasteiger partial charge < -0.3 is 4.74 Å². The summed E-state index contributed by atoms with van der Waals surface area (Å²) in [5.41, 5.74) is 0.732. The van der Waals surface area contributed by atoms with Gasteiger partial charge in [-0.2, -0.15) is 5.26 Å². The molecule has 3 heteroatoms. The number of ether oxygens (including phenoxy) is 1. The lowest BCUT2D eigenvalue weighted by Crippen LogP contribution is -3.61. The first-order chi connectivity index (χ1) is 8.31. The molecule has 0 fully saturated rings. The van der Waals surface area contributed by atoms with Gasteiger partial charge >= 0.3 is 21.2 Å². The highest BCUT2D eigenvalue weighted by molar-refractivity contribution is 5.27. The zero-order chi connectivity index (χ0) is 12.1. The molecule has 84 valence electrons. The highest BCUT2D eigenvalue weighted by Gasteiger charge is 2.15. The largest absolute Gasteiger partial charge is 0.497 e. The summed E-state index contributed by atoms with van der Waals surface area (Å²) in [7, 11) is 1.67. The standard InChI is InChI=1S/C14H11INO/c1-17-14-7-5-12(6-8-14)15-13-4-2-3-11(9-13)10-16/h2-9H,1H3/q+1. The van der Waals surface area contributed by atoms with Gasteiger partial charge in [0.1, 0.15) is 5.75 Å². The van der Waals surface area contributed by atoms with Crippen molar-refractivity contribution in [2.75, 3.05) is 7.11 Å². The van der Waals surface area contributed by atoms with E-state index < -0.39 is 0 Å². The van der Waals surface area contributed by atoms with Gasteiger partial charge in [-0.3, -0.25) is 0 Å². The summed E-state index contributed by atoms with van der Waals surface area (Å²) in [5.74, 6) is 0.878. The maximum atomic E-state index is 8.84. The van der Waals surface area contributed by atoms with E-state index in [4.69, 9.17) is 10.00 Å². The minimum Gasteiger partial charge on any atom is -0.497 e. The molecule has 2 aromatic rings. The second-order valence-electron chi connectivity index (χ2n) is 3.37. The van der Waals surface area contributed by atoms with Crippen molar-refractivity contribution in [3.8, 4) is 11.8 Å². The number of hydrogen-bond donors (Lipinski definition) is 0. The highest BCUT2D eigenvalue weighted by atomic mass is 127. The van der Waals surface area contributed by atoms with Crippen molar-refractivity contribution in [1.29, 1.82) is 5.26 Å². The number of nitriles is 1. The molecule has 0 aliphatic carbocycles. The van der Waals surface area contributed by atoms with Crippen LogP contribution in [-0.2, 0) is 0 Å². The molecule has 0 N–H and O–H groups in total. The number of rotatable bonds is 3. The summed E-state index contributed by atoms with van der Waals surface area (Å²) in [6.45, 7) is 0. The molecule has 2 rings (SSSR count). The molecule has 2 nitrogen and oxygen atoms in total. The Morgan fingerprint density at radius 3 is 2.47 bits per heavy atom. The summed E-state index contributed by atoms with van der Waals surface area (Å²) >= 11 is -0.219. The van der Waals surface area contributed by atoms with Crippen molar-refractivity contribution in [3.63, 3.8) is 0 Å². The monoisotopic (exact) mass is 336 g/mol. The van der Waals surface area contributed by atoms with E-state index in [0.717, 1.165) is 11.3 Å². The van der Waals surface area contributed by atoms with Crippen molar-refractivity contribution < 1.29 is 25.9 Å². The molecule has 0 atom stereocenters. The van der Waals surface area contributed by atoms with Gasteiger partial charge in [0, 0.05) is 6.07 Å². The van der Waals surface area contributed by atoms with Gasteiger partial charge in [0.2, 0.25) is 0 Å². The second-order valence-corrected chi connectivity index (χ2v) is 6.41. The SMILES string of the molecule is COc1ccc([I+]c2cccc(C#N)c2)cc1. The molecule has 0 unspecified atom stereocenters. The first-order valence-electron chi connectivity index (χ1n) is 5.11.